The summed E-state index contributed by atoms with van der Waals surface area (Å²) in [6, 6.07) is 17.1. The van der Waals surface area contributed by atoms with Crippen LogP contribution in [0, 0.1) is 18.3 Å². The highest BCUT2D eigenvalue weighted by Crippen LogP contribution is 2.33. The Morgan fingerprint density at radius 2 is 1.84 bits per heavy atom. The first-order valence-electron chi connectivity index (χ1n) is 9.97. The number of amides is 1. The molecule has 0 aliphatic heterocycles. The molecule has 2 aromatic carbocycles. The Kier molecular flexibility index (Phi) is 7.33. The number of carbonyl (C=O) groups is 1. The SMILES string of the molecule is CNc1cccc(-c2cccc(NC(=O)c3ccc(CNCCO)cn3)c2C)c1C#N. The molecule has 0 radical (unpaired) electrons. The number of hydrogen-bond donors (Lipinski definition) is 4. The first-order valence-corrected chi connectivity index (χ1v) is 9.97. The van der Waals surface area contributed by atoms with E-state index in [9.17, 15) is 10.1 Å². The minimum Gasteiger partial charge on any atom is -0.395 e. The van der Waals surface area contributed by atoms with Crippen LogP contribution in [0.4, 0.5) is 11.4 Å². The molecule has 0 aliphatic rings. The van der Waals surface area contributed by atoms with Crippen LogP contribution in [-0.2, 0) is 6.54 Å². The van der Waals surface area contributed by atoms with Gasteiger partial charge < -0.3 is 21.1 Å². The van der Waals surface area contributed by atoms with Crippen molar-refractivity contribution in [3.05, 3.63) is 77.1 Å². The maximum absolute atomic E-state index is 12.7. The highest BCUT2D eigenvalue weighted by atomic mass is 16.3. The Morgan fingerprint density at radius 1 is 1.10 bits per heavy atom. The zero-order valence-electron chi connectivity index (χ0n) is 17.6. The van der Waals surface area contributed by atoms with Gasteiger partial charge in [-0.25, -0.2) is 0 Å². The van der Waals surface area contributed by atoms with Crippen molar-refractivity contribution in [2.75, 3.05) is 30.8 Å². The third kappa shape index (κ3) is 5.07. The molecular formula is C24H25N5O2. The first kappa shape index (κ1) is 22.0. The van der Waals surface area contributed by atoms with E-state index in [4.69, 9.17) is 5.11 Å². The molecule has 0 bridgehead atoms. The van der Waals surface area contributed by atoms with Crippen LogP contribution in [-0.4, -0.2) is 36.2 Å². The standard InChI is InChI=1S/C24H25N5O2/c1-16-18(19-6-4-8-22(26-2)20(19)13-25)5-3-7-21(16)29-24(31)23-10-9-17(15-28-23)14-27-11-12-30/h3-10,15,26-27,30H,11-12,14H2,1-2H3,(H,29,31). The normalized spacial score (nSPS) is 10.4. The molecule has 0 atom stereocenters. The number of aliphatic hydroxyl groups excluding tert-OH is 1. The van der Waals surface area contributed by atoms with Crippen molar-refractivity contribution < 1.29 is 9.90 Å². The highest BCUT2D eigenvalue weighted by Gasteiger charge is 2.15. The number of aliphatic hydroxyl groups is 1. The van der Waals surface area contributed by atoms with Crippen LogP contribution in [0.3, 0.4) is 0 Å². The molecule has 3 aromatic rings. The monoisotopic (exact) mass is 415 g/mol. The smallest absolute Gasteiger partial charge is 0.274 e. The van der Waals surface area contributed by atoms with Crippen LogP contribution in [0.25, 0.3) is 11.1 Å². The molecule has 1 amide bonds. The Labute approximate surface area is 181 Å². The Bertz CT molecular complexity index is 1100. The number of anilines is 2. The topological polar surface area (TPSA) is 110 Å². The van der Waals surface area contributed by atoms with Crippen molar-refractivity contribution in [1.29, 1.82) is 5.26 Å². The lowest BCUT2D eigenvalue weighted by atomic mass is 9.94. The molecule has 7 heteroatoms. The van der Waals surface area contributed by atoms with E-state index >= 15 is 0 Å². The van der Waals surface area contributed by atoms with Crippen LogP contribution >= 0.6 is 0 Å². The number of pyridine rings is 1. The Hall–Kier alpha value is -3.73. The summed E-state index contributed by atoms with van der Waals surface area (Å²) < 4.78 is 0. The van der Waals surface area contributed by atoms with Gasteiger partial charge in [-0.15, -0.1) is 0 Å². The second-order valence-electron chi connectivity index (χ2n) is 6.97. The van der Waals surface area contributed by atoms with E-state index in [0.717, 1.165) is 27.9 Å². The molecule has 0 fully saturated rings. The molecule has 1 heterocycles. The molecule has 158 valence electrons. The average Bonchev–Trinajstić information content (AvgIpc) is 2.80. The fraction of sp³-hybridized carbons (Fsp3) is 0.208. The van der Waals surface area contributed by atoms with Gasteiger partial charge in [0.25, 0.3) is 5.91 Å². The maximum atomic E-state index is 12.7. The fourth-order valence-electron chi connectivity index (χ4n) is 3.33. The molecule has 0 saturated carbocycles. The number of nitriles is 1. The van der Waals surface area contributed by atoms with Gasteiger partial charge >= 0.3 is 0 Å². The van der Waals surface area contributed by atoms with Crippen LogP contribution in [0.5, 0.6) is 0 Å². The van der Waals surface area contributed by atoms with E-state index in [2.05, 4.69) is 27.0 Å². The van der Waals surface area contributed by atoms with E-state index in [0.29, 0.717) is 30.0 Å². The summed E-state index contributed by atoms with van der Waals surface area (Å²) in [6.07, 6.45) is 1.64. The number of nitrogens with zero attached hydrogens (tertiary/aromatic N) is 2. The minimum absolute atomic E-state index is 0.0709. The minimum atomic E-state index is -0.306. The largest absolute Gasteiger partial charge is 0.395 e. The summed E-state index contributed by atoms with van der Waals surface area (Å²) in [6.45, 7) is 3.06. The number of nitrogens with one attached hydrogen (secondary N) is 3. The number of hydrogen-bond acceptors (Lipinski definition) is 6. The zero-order valence-corrected chi connectivity index (χ0v) is 17.6. The first-order chi connectivity index (χ1) is 15.1. The molecule has 0 aliphatic carbocycles. The zero-order chi connectivity index (χ0) is 22.2. The molecule has 4 N–H and O–H groups in total. The number of aromatic nitrogens is 1. The van der Waals surface area contributed by atoms with Crippen LogP contribution in [0.2, 0.25) is 0 Å². The summed E-state index contributed by atoms with van der Waals surface area (Å²) in [5.41, 5.74) is 5.77. The lowest BCUT2D eigenvalue weighted by Crippen LogP contribution is -2.18. The van der Waals surface area contributed by atoms with Gasteiger partial charge in [-0.2, -0.15) is 5.26 Å². The second kappa shape index (κ2) is 10.3. The molecule has 3 rings (SSSR count). The quantitative estimate of drug-likeness (QED) is 0.420. The van der Waals surface area contributed by atoms with Crippen molar-refractivity contribution in [3.8, 4) is 17.2 Å². The summed E-state index contributed by atoms with van der Waals surface area (Å²) in [5, 5.41) is 27.5. The summed E-state index contributed by atoms with van der Waals surface area (Å²) in [7, 11) is 1.78. The molecule has 0 unspecified atom stereocenters. The van der Waals surface area contributed by atoms with Gasteiger partial charge in [0.15, 0.2) is 0 Å². The molecule has 7 nitrogen and oxygen atoms in total. The van der Waals surface area contributed by atoms with Crippen molar-refractivity contribution >= 4 is 17.3 Å². The van der Waals surface area contributed by atoms with Gasteiger partial charge in [0.05, 0.1) is 17.9 Å². The Balaban J connectivity index is 1.83. The van der Waals surface area contributed by atoms with Crippen LogP contribution < -0.4 is 16.0 Å². The molecule has 1 aromatic heterocycles. The molecule has 0 spiro atoms. The third-order valence-corrected chi connectivity index (χ3v) is 4.99. The summed E-state index contributed by atoms with van der Waals surface area (Å²) in [4.78, 5) is 17.0. The average molecular weight is 415 g/mol. The predicted octanol–water partition coefficient (Wildman–Crippen LogP) is 3.30. The molecular weight excluding hydrogens is 390 g/mol. The van der Waals surface area contributed by atoms with E-state index in [1.54, 1.807) is 19.3 Å². The van der Waals surface area contributed by atoms with E-state index in [-0.39, 0.29) is 12.5 Å². The van der Waals surface area contributed by atoms with E-state index in [1.165, 1.54) is 0 Å². The van der Waals surface area contributed by atoms with Crippen molar-refractivity contribution in [2.45, 2.75) is 13.5 Å². The lowest BCUT2D eigenvalue weighted by Gasteiger charge is -2.15. The van der Waals surface area contributed by atoms with Gasteiger partial charge in [-0.05, 0) is 41.8 Å². The predicted molar refractivity (Wildman–Crippen MR) is 122 cm³/mol. The number of benzene rings is 2. The maximum Gasteiger partial charge on any atom is 0.274 e. The van der Waals surface area contributed by atoms with Crippen LogP contribution in [0.1, 0.15) is 27.2 Å². The van der Waals surface area contributed by atoms with Gasteiger partial charge in [0.2, 0.25) is 0 Å². The summed E-state index contributed by atoms with van der Waals surface area (Å²) in [5.74, 6) is -0.306. The van der Waals surface area contributed by atoms with Crippen molar-refractivity contribution in [2.24, 2.45) is 0 Å². The van der Waals surface area contributed by atoms with Crippen LogP contribution in [0.15, 0.2) is 54.7 Å². The number of carbonyl (C=O) groups excluding carboxylic acids is 1. The van der Waals surface area contributed by atoms with Gasteiger partial charge in [-0.3, -0.25) is 9.78 Å². The second-order valence-corrected chi connectivity index (χ2v) is 6.97. The van der Waals surface area contributed by atoms with Gasteiger partial charge in [0, 0.05) is 37.6 Å². The molecule has 31 heavy (non-hydrogen) atoms. The van der Waals surface area contributed by atoms with Crippen molar-refractivity contribution in [1.82, 2.24) is 10.3 Å². The molecule has 0 saturated heterocycles. The Morgan fingerprint density at radius 3 is 2.48 bits per heavy atom. The van der Waals surface area contributed by atoms with E-state index in [1.807, 2.05) is 49.4 Å². The third-order valence-electron chi connectivity index (χ3n) is 4.99. The lowest BCUT2D eigenvalue weighted by molar-refractivity contribution is 0.102. The summed E-state index contributed by atoms with van der Waals surface area (Å²) >= 11 is 0. The van der Waals surface area contributed by atoms with E-state index < -0.39 is 0 Å². The van der Waals surface area contributed by atoms with Crippen molar-refractivity contribution in [3.63, 3.8) is 0 Å². The fourth-order valence-corrected chi connectivity index (χ4v) is 3.33. The number of rotatable bonds is 8. The van der Waals surface area contributed by atoms with Gasteiger partial charge in [-0.1, -0.05) is 30.3 Å². The van der Waals surface area contributed by atoms with Gasteiger partial charge in [0.1, 0.15) is 11.8 Å². The highest BCUT2D eigenvalue weighted by molar-refractivity contribution is 6.03.